The molecule has 0 atom stereocenters. The first-order valence-electron chi connectivity index (χ1n) is 4.88. The van der Waals surface area contributed by atoms with E-state index in [1.54, 1.807) is 6.20 Å². The molecule has 1 heterocycles. The highest BCUT2D eigenvalue weighted by molar-refractivity contribution is 7.09. The van der Waals surface area contributed by atoms with Crippen LogP contribution in [0.3, 0.4) is 0 Å². The monoisotopic (exact) mass is 251 g/mol. The van der Waals surface area contributed by atoms with Crippen LogP contribution >= 0.6 is 11.3 Å². The van der Waals surface area contributed by atoms with Crippen molar-refractivity contribution in [2.24, 2.45) is 0 Å². The molecule has 4 nitrogen and oxygen atoms in total. The Morgan fingerprint density at radius 1 is 1.53 bits per heavy atom. The highest BCUT2D eigenvalue weighted by Gasteiger charge is 2.11. The molecule has 0 radical (unpaired) electrons. The lowest BCUT2D eigenvalue weighted by molar-refractivity contribution is 0.0947. The molecule has 0 aliphatic heterocycles. The maximum atomic E-state index is 13.4. The van der Waals surface area contributed by atoms with Crippen molar-refractivity contribution in [1.82, 2.24) is 10.3 Å². The van der Waals surface area contributed by atoms with Gasteiger partial charge in [0.15, 0.2) is 0 Å². The number of rotatable bonds is 3. The minimum absolute atomic E-state index is 0.0541. The van der Waals surface area contributed by atoms with Gasteiger partial charge in [-0.3, -0.25) is 4.79 Å². The number of nitrogens with zero attached hydrogens (tertiary/aromatic N) is 1. The number of thiazole rings is 1. The van der Waals surface area contributed by atoms with Gasteiger partial charge in [0, 0.05) is 17.3 Å². The van der Waals surface area contributed by atoms with E-state index in [1.165, 1.54) is 29.5 Å². The molecule has 0 bridgehead atoms. The van der Waals surface area contributed by atoms with Crippen molar-refractivity contribution in [2.75, 3.05) is 5.73 Å². The van der Waals surface area contributed by atoms with Crippen LogP contribution in [0.5, 0.6) is 0 Å². The molecule has 0 spiro atoms. The van der Waals surface area contributed by atoms with Crippen molar-refractivity contribution in [3.05, 3.63) is 46.2 Å². The lowest BCUT2D eigenvalue weighted by atomic mass is 10.2. The summed E-state index contributed by atoms with van der Waals surface area (Å²) in [5, 5.41) is 5.16. The largest absolute Gasteiger partial charge is 0.399 e. The van der Waals surface area contributed by atoms with E-state index in [1.807, 2.05) is 5.38 Å². The van der Waals surface area contributed by atoms with Crippen LogP contribution in [0.4, 0.5) is 10.1 Å². The van der Waals surface area contributed by atoms with Gasteiger partial charge in [-0.25, -0.2) is 9.37 Å². The fraction of sp³-hybridized carbons (Fsp3) is 0.0909. The molecule has 1 amide bonds. The second-order valence-electron chi connectivity index (χ2n) is 3.35. The first-order valence-corrected chi connectivity index (χ1v) is 5.76. The third-order valence-corrected chi connectivity index (χ3v) is 2.90. The van der Waals surface area contributed by atoms with Gasteiger partial charge >= 0.3 is 0 Å². The Kier molecular flexibility index (Phi) is 3.34. The lowest BCUT2D eigenvalue weighted by Crippen LogP contribution is -2.23. The average Bonchev–Trinajstić information content (AvgIpc) is 2.82. The average molecular weight is 251 g/mol. The number of nitrogen functional groups attached to an aromatic ring is 1. The summed E-state index contributed by atoms with van der Waals surface area (Å²) >= 11 is 1.42. The Balaban J connectivity index is 2.07. The highest BCUT2D eigenvalue weighted by atomic mass is 32.1. The summed E-state index contributed by atoms with van der Waals surface area (Å²) in [6.07, 6.45) is 1.65. The number of nitrogens with two attached hydrogens (primary N) is 1. The third kappa shape index (κ3) is 2.79. The Morgan fingerprint density at radius 2 is 2.35 bits per heavy atom. The molecule has 3 N–H and O–H groups in total. The SMILES string of the molecule is Nc1ccc(F)c(C(=O)NCc2nccs2)c1. The van der Waals surface area contributed by atoms with Gasteiger partial charge in [0.1, 0.15) is 10.8 Å². The van der Waals surface area contributed by atoms with Gasteiger partial charge in [0.25, 0.3) is 5.91 Å². The van der Waals surface area contributed by atoms with E-state index >= 15 is 0 Å². The molecule has 0 saturated carbocycles. The van der Waals surface area contributed by atoms with Crippen molar-refractivity contribution in [3.8, 4) is 0 Å². The predicted molar refractivity (Wildman–Crippen MR) is 64.1 cm³/mol. The topological polar surface area (TPSA) is 68.0 Å². The summed E-state index contributed by atoms with van der Waals surface area (Å²) in [6.45, 7) is 0.282. The third-order valence-electron chi connectivity index (χ3n) is 2.12. The van der Waals surface area contributed by atoms with E-state index in [0.29, 0.717) is 5.69 Å². The smallest absolute Gasteiger partial charge is 0.254 e. The summed E-state index contributed by atoms with van der Waals surface area (Å²) in [5.41, 5.74) is 5.80. The van der Waals surface area contributed by atoms with Gasteiger partial charge in [0.2, 0.25) is 0 Å². The summed E-state index contributed by atoms with van der Waals surface area (Å²) in [4.78, 5) is 15.7. The molecule has 1 aromatic heterocycles. The van der Waals surface area contributed by atoms with Crippen LogP contribution in [0.1, 0.15) is 15.4 Å². The van der Waals surface area contributed by atoms with Gasteiger partial charge in [-0.2, -0.15) is 0 Å². The summed E-state index contributed by atoms with van der Waals surface area (Å²) in [5.74, 6) is -1.08. The molecule has 0 saturated heterocycles. The molecule has 88 valence electrons. The molecule has 2 aromatic rings. The lowest BCUT2D eigenvalue weighted by Gasteiger charge is -2.05. The number of aromatic nitrogens is 1. The predicted octanol–water partition coefficient (Wildman–Crippen LogP) is 1.79. The molecule has 1 aromatic carbocycles. The Labute approximate surface area is 101 Å². The fourth-order valence-electron chi connectivity index (χ4n) is 1.31. The summed E-state index contributed by atoms with van der Waals surface area (Å²) in [7, 11) is 0. The molecule has 6 heteroatoms. The van der Waals surface area contributed by atoms with Crippen molar-refractivity contribution < 1.29 is 9.18 Å². The maximum absolute atomic E-state index is 13.4. The van der Waals surface area contributed by atoms with Crippen molar-refractivity contribution in [2.45, 2.75) is 6.54 Å². The standard InChI is InChI=1S/C11H10FN3OS/c12-9-2-1-7(13)5-8(9)11(16)15-6-10-14-3-4-17-10/h1-5H,6,13H2,(H,15,16). The number of halogens is 1. The number of hydrogen-bond acceptors (Lipinski definition) is 4. The first kappa shape index (κ1) is 11.5. The van der Waals surface area contributed by atoms with E-state index in [4.69, 9.17) is 5.73 Å². The Morgan fingerprint density at radius 3 is 3.06 bits per heavy atom. The van der Waals surface area contributed by atoms with Crippen LogP contribution in [0.15, 0.2) is 29.8 Å². The minimum Gasteiger partial charge on any atom is -0.399 e. The zero-order chi connectivity index (χ0) is 12.3. The second-order valence-corrected chi connectivity index (χ2v) is 4.33. The number of benzene rings is 1. The van der Waals surface area contributed by atoms with Crippen molar-refractivity contribution in [3.63, 3.8) is 0 Å². The van der Waals surface area contributed by atoms with Gasteiger partial charge in [0.05, 0.1) is 12.1 Å². The minimum atomic E-state index is -0.587. The molecule has 2 rings (SSSR count). The van der Waals surface area contributed by atoms with E-state index in [9.17, 15) is 9.18 Å². The van der Waals surface area contributed by atoms with Crippen LogP contribution in [-0.2, 0) is 6.54 Å². The number of amides is 1. The summed E-state index contributed by atoms with van der Waals surface area (Å²) in [6, 6.07) is 3.90. The first-order chi connectivity index (χ1) is 8.16. The van der Waals surface area contributed by atoms with Gasteiger partial charge in [-0.1, -0.05) is 0 Å². The van der Waals surface area contributed by atoms with Crippen molar-refractivity contribution >= 4 is 22.9 Å². The van der Waals surface area contributed by atoms with Crippen LogP contribution in [-0.4, -0.2) is 10.9 Å². The number of hydrogen-bond donors (Lipinski definition) is 2. The Bertz CT molecular complexity index is 528. The zero-order valence-electron chi connectivity index (χ0n) is 8.81. The highest BCUT2D eigenvalue weighted by Crippen LogP contribution is 2.12. The van der Waals surface area contributed by atoms with Crippen LogP contribution in [0.25, 0.3) is 0 Å². The fourth-order valence-corrected chi connectivity index (χ4v) is 1.86. The number of carbonyl (C=O) groups is 1. The molecule has 0 fully saturated rings. The maximum Gasteiger partial charge on any atom is 0.254 e. The normalized spacial score (nSPS) is 10.2. The molecular weight excluding hydrogens is 241 g/mol. The van der Waals surface area contributed by atoms with Gasteiger partial charge in [-0.15, -0.1) is 11.3 Å². The van der Waals surface area contributed by atoms with E-state index < -0.39 is 11.7 Å². The molecule has 0 aliphatic carbocycles. The zero-order valence-corrected chi connectivity index (χ0v) is 9.63. The molecule has 0 unspecified atom stereocenters. The van der Waals surface area contributed by atoms with Crippen LogP contribution in [0, 0.1) is 5.82 Å². The quantitative estimate of drug-likeness (QED) is 0.817. The van der Waals surface area contributed by atoms with Gasteiger partial charge < -0.3 is 11.1 Å². The molecule has 0 aliphatic rings. The van der Waals surface area contributed by atoms with E-state index in [2.05, 4.69) is 10.3 Å². The summed E-state index contributed by atoms with van der Waals surface area (Å²) < 4.78 is 13.4. The number of carbonyl (C=O) groups excluding carboxylic acids is 1. The molecular formula is C11H10FN3OS. The molecule has 17 heavy (non-hydrogen) atoms. The van der Waals surface area contributed by atoms with E-state index in [-0.39, 0.29) is 12.1 Å². The van der Waals surface area contributed by atoms with Gasteiger partial charge in [-0.05, 0) is 18.2 Å². The van der Waals surface area contributed by atoms with Crippen LogP contribution < -0.4 is 11.1 Å². The Hall–Kier alpha value is -1.95. The number of nitrogens with one attached hydrogen (secondary N) is 1. The number of anilines is 1. The second kappa shape index (κ2) is 4.92. The van der Waals surface area contributed by atoms with Crippen LogP contribution in [0.2, 0.25) is 0 Å². The van der Waals surface area contributed by atoms with E-state index in [0.717, 1.165) is 5.01 Å². The van der Waals surface area contributed by atoms with Crippen molar-refractivity contribution in [1.29, 1.82) is 0 Å².